The maximum atomic E-state index is 13.9. The van der Waals surface area contributed by atoms with Crippen LogP contribution in [0.3, 0.4) is 0 Å². The van der Waals surface area contributed by atoms with Gasteiger partial charge in [-0.25, -0.2) is 8.78 Å². The van der Waals surface area contributed by atoms with Crippen LogP contribution < -0.4 is 4.74 Å². The number of fused-ring (bicyclic) bond motifs is 1. The molecule has 0 radical (unpaired) electrons. The number of carbonyl (C=O) groups is 1. The number of amides is 1. The summed E-state index contributed by atoms with van der Waals surface area (Å²) in [7, 11) is 0. The van der Waals surface area contributed by atoms with Gasteiger partial charge < -0.3 is 9.64 Å². The van der Waals surface area contributed by atoms with E-state index in [4.69, 9.17) is 4.74 Å². The number of hydrogen-bond acceptors (Lipinski definition) is 2. The molecule has 1 aliphatic heterocycles. The van der Waals surface area contributed by atoms with Gasteiger partial charge in [-0.2, -0.15) is 0 Å². The first-order chi connectivity index (χ1) is 10.9. The smallest absolute Gasteiger partial charge is 0.263 e. The van der Waals surface area contributed by atoms with Crippen molar-refractivity contribution >= 4 is 21.8 Å². The van der Waals surface area contributed by atoms with E-state index >= 15 is 0 Å². The Labute approximate surface area is 141 Å². The third-order valence-electron chi connectivity index (χ3n) is 3.72. The van der Waals surface area contributed by atoms with E-state index in [1.807, 2.05) is 12.1 Å². The Balaban J connectivity index is 1.92. The summed E-state index contributed by atoms with van der Waals surface area (Å²) in [6.07, 6.45) is -0.666. The van der Waals surface area contributed by atoms with Gasteiger partial charge in [0.2, 0.25) is 0 Å². The van der Waals surface area contributed by atoms with Crippen molar-refractivity contribution in [2.75, 3.05) is 0 Å². The van der Waals surface area contributed by atoms with E-state index in [0.29, 0.717) is 12.3 Å². The number of carbonyl (C=O) groups excluding carboxylic acids is 1. The van der Waals surface area contributed by atoms with Crippen LogP contribution in [-0.2, 0) is 17.9 Å². The fourth-order valence-electron chi connectivity index (χ4n) is 2.56. The molecule has 0 aromatic heterocycles. The zero-order valence-electron chi connectivity index (χ0n) is 12.4. The van der Waals surface area contributed by atoms with Crippen LogP contribution in [0.15, 0.2) is 40.9 Å². The average Bonchev–Trinajstić information content (AvgIpc) is 2.61. The van der Waals surface area contributed by atoms with E-state index < -0.39 is 17.7 Å². The van der Waals surface area contributed by atoms with Crippen LogP contribution in [0, 0.1) is 11.6 Å². The summed E-state index contributed by atoms with van der Waals surface area (Å²) in [5, 5.41) is 0. The van der Waals surface area contributed by atoms with Gasteiger partial charge in [0.25, 0.3) is 5.91 Å². The van der Waals surface area contributed by atoms with Crippen molar-refractivity contribution in [2.45, 2.75) is 26.1 Å². The van der Waals surface area contributed by atoms with Crippen LogP contribution in [0.25, 0.3) is 0 Å². The van der Waals surface area contributed by atoms with Crippen molar-refractivity contribution in [1.29, 1.82) is 0 Å². The van der Waals surface area contributed by atoms with Gasteiger partial charge in [0.05, 0.1) is 0 Å². The molecule has 3 rings (SSSR count). The van der Waals surface area contributed by atoms with E-state index in [-0.39, 0.29) is 18.0 Å². The molecule has 0 bridgehead atoms. The lowest BCUT2D eigenvalue weighted by Gasteiger charge is -2.22. The van der Waals surface area contributed by atoms with Crippen molar-refractivity contribution in [3.63, 3.8) is 0 Å². The molecule has 0 saturated carbocycles. The Morgan fingerprint density at radius 1 is 1.26 bits per heavy atom. The SMILES string of the molecule is C[C@H]1Oc2ccc(Br)cc2CN(Cc2ccc(F)cc2F)C1=O. The van der Waals surface area contributed by atoms with E-state index in [9.17, 15) is 13.6 Å². The number of nitrogens with zero attached hydrogens (tertiary/aromatic N) is 1. The normalized spacial score (nSPS) is 17.5. The second kappa shape index (κ2) is 6.28. The molecule has 1 amide bonds. The molecule has 23 heavy (non-hydrogen) atoms. The number of ether oxygens (including phenoxy) is 1. The fourth-order valence-corrected chi connectivity index (χ4v) is 2.97. The molecule has 3 nitrogen and oxygen atoms in total. The van der Waals surface area contributed by atoms with Gasteiger partial charge in [-0.05, 0) is 31.2 Å². The zero-order valence-corrected chi connectivity index (χ0v) is 13.9. The summed E-state index contributed by atoms with van der Waals surface area (Å²) < 4.78 is 33.4. The Morgan fingerprint density at radius 3 is 2.78 bits per heavy atom. The van der Waals surface area contributed by atoms with Gasteiger partial charge in [0, 0.05) is 34.8 Å². The molecule has 0 saturated heterocycles. The van der Waals surface area contributed by atoms with Gasteiger partial charge in [0.15, 0.2) is 6.10 Å². The second-order valence-corrected chi connectivity index (χ2v) is 6.36. The lowest BCUT2D eigenvalue weighted by molar-refractivity contribution is -0.138. The van der Waals surface area contributed by atoms with Gasteiger partial charge in [-0.1, -0.05) is 22.0 Å². The maximum absolute atomic E-state index is 13.9. The standard InChI is InChI=1S/C17H14BrF2NO2/c1-10-17(22)21(8-11-2-4-14(19)7-15(11)20)9-12-6-13(18)3-5-16(12)23-10/h2-7,10H,8-9H2,1H3/t10-/m1/s1. The molecule has 120 valence electrons. The summed E-state index contributed by atoms with van der Waals surface area (Å²) >= 11 is 3.39. The quantitative estimate of drug-likeness (QED) is 0.785. The highest BCUT2D eigenvalue weighted by molar-refractivity contribution is 9.10. The predicted octanol–water partition coefficient (Wildman–Crippen LogP) is 4.04. The molecule has 0 fully saturated rings. The minimum absolute atomic E-state index is 0.0601. The van der Waals surface area contributed by atoms with Crippen molar-refractivity contribution < 1.29 is 18.3 Å². The largest absolute Gasteiger partial charge is 0.481 e. The molecule has 0 N–H and O–H groups in total. The third-order valence-corrected chi connectivity index (χ3v) is 4.22. The summed E-state index contributed by atoms with van der Waals surface area (Å²) in [5.74, 6) is -0.901. The van der Waals surface area contributed by atoms with Crippen LogP contribution >= 0.6 is 15.9 Å². The van der Waals surface area contributed by atoms with Gasteiger partial charge in [-0.3, -0.25) is 4.79 Å². The Hall–Kier alpha value is -1.95. The van der Waals surface area contributed by atoms with E-state index in [0.717, 1.165) is 16.1 Å². The van der Waals surface area contributed by atoms with E-state index in [1.54, 1.807) is 13.0 Å². The monoisotopic (exact) mass is 381 g/mol. The topological polar surface area (TPSA) is 29.5 Å². The molecule has 1 heterocycles. The first-order valence-corrected chi connectivity index (χ1v) is 7.91. The third kappa shape index (κ3) is 3.37. The molecule has 0 unspecified atom stereocenters. The molecule has 0 spiro atoms. The maximum Gasteiger partial charge on any atom is 0.263 e. The average molecular weight is 382 g/mol. The highest BCUT2D eigenvalue weighted by Crippen LogP contribution is 2.29. The number of hydrogen-bond donors (Lipinski definition) is 0. The van der Waals surface area contributed by atoms with Crippen LogP contribution in [0.2, 0.25) is 0 Å². The van der Waals surface area contributed by atoms with Gasteiger partial charge in [0.1, 0.15) is 17.4 Å². The van der Waals surface area contributed by atoms with Crippen LogP contribution in [0.5, 0.6) is 5.75 Å². The van der Waals surface area contributed by atoms with Crippen molar-refractivity contribution in [2.24, 2.45) is 0 Å². The minimum atomic E-state index is -0.666. The van der Waals surface area contributed by atoms with Gasteiger partial charge in [-0.15, -0.1) is 0 Å². The first-order valence-electron chi connectivity index (χ1n) is 7.12. The Morgan fingerprint density at radius 2 is 2.04 bits per heavy atom. The summed E-state index contributed by atoms with van der Waals surface area (Å²) in [6.45, 7) is 2.02. The molecule has 2 aromatic rings. The summed E-state index contributed by atoms with van der Waals surface area (Å²) in [5.41, 5.74) is 1.10. The Kier molecular flexibility index (Phi) is 4.35. The molecule has 2 aromatic carbocycles. The highest BCUT2D eigenvalue weighted by Gasteiger charge is 2.28. The lowest BCUT2D eigenvalue weighted by Crippen LogP contribution is -2.37. The van der Waals surface area contributed by atoms with Crippen LogP contribution in [0.1, 0.15) is 18.1 Å². The molecule has 6 heteroatoms. The first kappa shape index (κ1) is 15.9. The molecule has 1 atom stereocenters. The van der Waals surface area contributed by atoms with Crippen molar-refractivity contribution in [1.82, 2.24) is 4.90 Å². The van der Waals surface area contributed by atoms with Gasteiger partial charge >= 0.3 is 0 Å². The van der Waals surface area contributed by atoms with E-state index in [2.05, 4.69) is 15.9 Å². The molecular formula is C17H14BrF2NO2. The zero-order chi connectivity index (χ0) is 16.6. The highest BCUT2D eigenvalue weighted by atomic mass is 79.9. The van der Waals surface area contributed by atoms with Crippen molar-refractivity contribution in [3.05, 3.63) is 63.6 Å². The lowest BCUT2D eigenvalue weighted by atomic mass is 10.1. The second-order valence-electron chi connectivity index (χ2n) is 5.44. The van der Waals surface area contributed by atoms with Crippen LogP contribution in [0.4, 0.5) is 8.78 Å². The molecular weight excluding hydrogens is 368 g/mol. The summed E-state index contributed by atoms with van der Waals surface area (Å²) in [6, 6.07) is 8.87. The molecule has 0 aliphatic carbocycles. The minimum Gasteiger partial charge on any atom is -0.481 e. The number of halogens is 3. The van der Waals surface area contributed by atoms with E-state index in [1.165, 1.54) is 17.0 Å². The van der Waals surface area contributed by atoms with Crippen LogP contribution in [-0.4, -0.2) is 16.9 Å². The summed E-state index contributed by atoms with van der Waals surface area (Å²) in [4.78, 5) is 14.0. The van der Waals surface area contributed by atoms with Crippen molar-refractivity contribution in [3.8, 4) is 5.75 Å². The Bertz CT molecular complexity index is 766. The fraction of sp³-hybridized carbons (Fsp3) is 0.235. The molecule has 1 aliphatic rings. The number of rotatable bonds is 2. The number of benzene rings is 2. The predicted molar refractivity (Wildman–Crippen MR) is 84.8 cm³/mol.